The fourth-order valence-electron chi connectivity index (χ4n) is 1.41. The molecule has 0 rings (SSSR count). The van der Waals surface area contributed by atoms with Crippen LogP contribution in [0.15, 0.2) is 0 Å². The van der Waals surface area contributed by atoms with E-state index >= 15 is 0 Å². The van der Waals surface area contributed by atoms with Crippen molar-refractivity contribution in [3.63, 3.8) is 0 Å². The van der Waals surface area contributed by atoms with E-state index in [4.69, 9.17) is 0 Å². The highest BCUT2D eigenvalue weighted by molar-refractivity contribution is 5.78. The number of carbonyl (C=O) groups excluding carboxylic acids is 2. The van der Waals surface area contributed by atoms with Gasteiger partial charge in [0, 0.05) is 25.9 Å². The van der Waals surface area contributed by atoms with E-state index in [1.807, 2.05) is 0 Å². The SMILES string of the molecule is CC(C)CCNC(=O)CCNC(=O)CCC(C)C. The molecule has 0 bridgehead atoms. The second-order valence-electron chi connectivity index (χ2n) is 5.56. The van der Waals surface area contributed by atoms with E-state index in [1.165, 1.54) is 0 Å². The van der Waals surface area contributed by atoms with Crippen LogP contribution in [0.3, 0.4) is 0 Å². The van der Waals surface area contributed by atoms with Gasteiger partial charge in [-0.15, -0.1) is 0 Å². The summed E-state index contributed by atoms with van der Waals surface area (Å²) >= 11 is 0. The molecule has 18 heavy (non-hydrogen) atoms. The minimum absolute atomic E-state index is 0.0137. The van der Waals surface area contributed by atoms with Crippen molar-refractivity contribution in [3.05, 3.63) is 0 Å². The van der Waals surface area contributed by atoms with E-state index in [-0.39, 0.29) is 11.8 Å². The van der Waals surface area contributed by atoms with Crippen molar-refractivity contribution in [2.45, 2.75) is 53.4 Å². The summed E-state index contributed by atoms with van der Waals surface area (Å²) < 4.78 is 0. The smallest absolute Gasteiger partial charge is 0.221 e. The number of amides is 2. The quantitative estimate of drug-likeness (QED) is 0.663. The Morgan fingerprint density at radius 2 is 1.28 bits per heavy atom. The van der Waals surface area contributed by atoms with Gasteiger partial charge in [-0.2, -0.15) is 0 Å². The molecule has 0 heterocycles. The van der Waals surface area contributed by atoms with Crippen LogP contribution in [-0.4, -0.2) is 24.9 Å². The van der Waals surface area contributed by atoms with Gasteiger partial charge < -0.3 is 10.6 Å². The van der Waals surface area contributed by atoms with Crippen molar-refractivity contribution < 1.29 is 9.59 Å². The average molecular weight is 256 g/mol. The maximum Gasteiger partial charge on any atom is 0.221 e. The van der Waals surface area contributed by atoms with Gasteiger partial charge >= 0.3 is 0 Å². The summed E-state index contributed by atoms with van der Waals surface area (Å²) in [6, 6.07) is 0. The van der Waals surface area contributed by atoms with Crippen LogP contribution in [0.5, 0.6) is 0 Å². The van der Waals surface area contributed by atoms with Gasteiger partial charge in [0.15, 0.2) is 0 Å². The third-order valence-electron chi connectivity index (χ3n) is 2.67. The molecule has 0 aromatic heterocycles. The van der Waals surface area contributed by atoms with Crippen molar-refractivity contribution >= 4 is 11.8 Å². The normalized spacial score (nSPS) is 10.8. The molecule has 0 aliphatic carbocycles. The first-order valence-corrected chi connectivity index (χ1v) is 6.95. The number of hydrogen-bond donors (Lipinski definition) is 2. The van der Waals surface area contributed by atoms with E-state index in [0.29, 0.717) is 31.2 Å². The molecule has 106 valence electrons. The highest BCUT2D eigenvalue weighted by atomic mass is 16.2. The van der Waals surface area contributed by atoms with Crippen molar-refractivity contribution in [1.82, 2.24) is 10.6 Å². The molecule has 4 heteroatoms. The largest absolute Gasteiger partial charge is 0.356 e. The first-order chi connectivity index (χ1) is 8.41. The zero-order valence-corrected chi connectivity index (χ0v) is 12.2. The Hall–Kier alpha value is -1.06. The van der Waals surface area contributed by atoms with Crippen LogP contribution in [0.25, 0.3) is 0 Å². The van der Waals surface area contributed by atoms with Crippen molar-refractivity contribution in [1.29, 1.82) is 0 Å². The van der Waals surface area contributed by atoms with Gasteiger partial charge in [0.2, 0.25) is 11.8 Å². The summed E-state index contributed by atoms with van der Waals surface area (Å²) in [7, 11) is 0. The van der Waals surface area contributed by atoms with E-state index in [0.717, 1.165) is 19.4 Å². The van der Waals surface area contributed by atoms with Gasteiger partial charge in [0.1, 0.15) is 0 Å². The summed E-state index contributed by atoms with van der Waals surface area (Å²) in [5.41, 5.74) is 0. The third kappa shape index (κ3) is 11.4. The first-order valence-electron chi connectivity index (χ1n) is 6.95. The summed E-state index contributed by atoms with van der Waals surface area (Å²) in [5, 5.41) is 5.62. The van der Waals surface area contributed by atoms with Crippen LogP contribution in [0.4, 0.5) is 0 Å². The van der Waals surface area contributed by atoms with Gasteiger partial charge in [-0.3, -0.25) is 9.59 Å². The Morgan fingerprint density at radius 1 is 0.778 bits per heavy atom. The summed E-state index contributed by atoms with van der Waals surface area (Å²) in [5.74, 6) is 1.19. The zero-order chi connectivity index (χ0) is 14.0. The molecule has 0 aliphatic heterocycles. The first kappa shape index (κ1) is 16.9. The lowest BCUT2D eigenvalue weighted by Gasteiger charge is -2.08. The van der Waals surface area contributed by atoms with E-state index in [9.17, 15) is 9.59 Å². The number of nitrogens with one attached hydrogen (secondary N) is 2. The Bertz CT molecular complexity index is 250. The van der Waals surface area contributed by atoms with Crippen molar-refractivity contribution in [2.24, 2.45) is 11.8 Å². The summed E-state index contributed by atoms with van der Waals surface area (Å²) in [6.45, 7) is 9.59. The maximum atomic E-state index is 11.4. The van der Waals surface area contributed by atoms with E-state index in [1.54, 1.807) is 0 Å². The lowest BCUT2D eigenvalue weighted by Crippen LogP contribution is -2.31. The molecule has 0 aromatic rings. The fraction of sp³-hybridized carbons (Fsp3) is 0.857. The molecular formula is C14H28N2O2. The van der Waals surface area contributed by atoms with Crippen molar-refractivity contribution in [2.75, 3.05) is 13.1 Å². The van der Waals surface area contributed by atoms with Crippen LogP contribution in [0, 0.1) is 11.8 Å². The molecule has 0 fully saturated rings. The fourth-order valence-corrected chi connectivity index (χ4v) is 1.41. The lowest BCUT2D eigenvalue weighted by molar-refractivity contribution is -0.122. The monoisotopic (exact) mass is 256 g/mol. The molecule has 0 aromatic carbocycles. The minimum atomic E-state index is 0.0137. The van der Waals surface area contributed by atoms with Crippen LogP contribution in [-0.2, 0) is 9.59 Å². The molecule has 4 nitrogen and oxygen atoms in total. The highest BCUT2D eigenvalue weighted by Crippen LogP contribution is 2.02. The molecule has 2 N–H and O–H groups in total. The van der Waals surface area contributed by atoms with E-state index < -0.39 is 0 Å². The lowest BCUT2D eigenvalue weighted by atomic mass is 10.1. The van der Waals surface area contributed by atoms with Crippen LogP contribution in [0.2, 0.25) is 0 Å². The number of carbonyl (C=O) groups is 2. The molecule has 0 saturated carbocycles. The van der Waals surface area contributed by atoms with Crippen molar-refractivity contribution in [3.8, 4) is 0 Å². The van der Waals surface area contributed by atoms with Crippen LogP contribution < -0.4 is 10.6 Å². The van der Waals surface area contributed by atoms with Gasteiger partial charge in [-0.1, -0.05) is 27.7 Å². The average Bonchev–Trinajstić information content (AvgIpc) is 2.25. The van der Waals surface area contributed by atoms with Gasteiger partial charge in [0.05, 0.1) is 0 Å². The second-order valence-corrected chi connectivity index (χ2v) is 5.56. The summed E-state index contributed by atoms with van der Waals surface area (Å²) in [4.78, 5) is 22.8. The molecule has 2 amide bonds. The Labute approximate surface area is 111 Å². The number of rotatable bonds is 9. The van der Waals surface area contributed by atoms with Gasteiger partial charge in [-0.25, -0.2) is 0 Å². The molecular weight excluding hydrogens is 228 g/mol. The van der Waals surface area contributed by atoms with Crippen LogP contribution >= 0.6 is 0 Å². The summed E-state index contributed by atoms with van der Waals surface area (Å²) in [6.07, 6.45) is 2.80. The molecule has 0 saturated heterocycles. The number of hydrogen-bond acceptors (Lipinski definition) is 2. The van der Waals surface area contributed by atoms with E-state index in [2.05, 4.69) is 38.3 Å². The highest BCUT2D eigenvalue weighted by Gasteiger charge is 2.05. The molecule has 0 atom stereocenters. The predicted molar refractivity (Wildman–Crippen MR) is 74.2 cm³/mol. The zero-order valence-electron chi connectivity index (χ0n) is 12.2. The van der Waals surface area contributed by atoms with Gasteiger partial charge in [-0.05, 0) is 24.7 Å². The molecule has 0 aliphatic rings. The second kappa shape index (κ2) is 9.92. The third-order valence-corrected chi connectivity index (χ3v) is 2.67. The Morgan fingerprint density at radius 3 is 1.83 bits per heavy atom. The molecule has 0 unspecified atom stereocenters. The van der Waals surface area contributed by atoms with Gasteiger partial charge in [0.25, 0.3) is 0 Å². The minimum Gasteiger partial charge on any atom is -0.356 e. The molecule has 0 spiro atoms. The Kier molecular flexibility index (Phi) is 9.33. The predicted octanol–water partition coefficient (Wildman–Crippen LogP) is 2.09. The maximum absolute atomic E-state index is 11.4. The standard InChI is InChI=1S/C14H28N2O2/c1-11(2)5-6-13(17)16-10-8-14(18)15-9-7-12(3)4/h11-12H,5-10H2,1-4H3,(H,15,18)(H,16,17). The van der Waals surface area contributed by atoms with Crippen LogP contribution in [0.1, 0.15) is 53.4 Å². The topological polar surface area (TPSA) is 58.2 Å². The Balaban J connectivity index is 3.47. The molecule has 0 radical (unpaired) electrons.